The van der Waals surface area contributed by atoms with Crippen LogP contribution in [-0.4, -0.2) is 32.8 Å². The van der Waals surface area contributed by atoms with Gasteiger partial charge in [-0.1, -0.05) is 6.42 Å². The van der Waals surface area contributed by atoms with Gasteiger partial charge < -0.3 is 10.3 Å². The molecule has 0 unspecified atom stereocenters. The van der Waals surface area contributed by atoms with Crippen molar-refractivity contribution >= 4 is 28.8 Å². The molecule has 0 aromatic carbocycles. The molecule has 3 heterocycles. The van der Waals surface area contributed by atoms with Crippen molar-refractivity contribution in [1.29, 1.82) is 0 Å². The molecule has 2 N–H and O–H groups in total. The van der Waals surface area contributed by atoms with Gasteiger partial charge in [-0.05, 0) is 58.1 Å². The van der Waals surface area contributed by atoms with E-state index in [2.05, 4.69) is 15.3 Å². The maximum Gasteiger partial charge on any atom is 0.270 e. The lowest BCUT2D eigenvalue weighted by Crippen LogP contribution is -2.52. The van der Waals surface area contributed by atoms with Crippen molar-refractivity contribution in [2.24, 2.45) is 0 Å². The minimum absolute atomic E-state index is 0.188. The average molecular weight is 380 g/mol. The molecular formula is C21H24N4O3. The van der Waals surface area contributed by atoms with Gasteiger partial charge in [-0.15, -0.1) is 0 Å². The van der Waals surface area contributed by atoms with E-state index < -0.39 is 5.66 Å². The summed E-state index contributed by atoms with van der Waals surface area (Å²) < 4.78 is 0. The van der Waals surface area contributed by atoms with E-state index >= 15 is 0 Å². The van der Waals surface area contributed by atoms with E-state index in [-0.39, 0.29) is 17.0 Å². The molecule has 1 aliphatic carbocycles. The van der Waals surface area contributed by atoms with E-state index in [4.69, 9.17) is 0 Å². The minimum Gasteiger partial charge on any atom is -0.358 e. The Morgan fingerprint density at radius 1 is 1.21 bits per heavy atom. The highest BCUT2D eigenvalue weighted by molar-refractivity contribution is 6.05. The van der Waals surface area contributed by atoms with Crippen LogP contribution in [0.2, 0.25) is 0 Å². The first-order valence-corrected chi connectivity index (χ1v) is 9.65. The third kappa shape index (κ3) is 2.65. The molecule has 7 heteroatoms. The number of carbonyl (C=O) groups is 2. The molecule has 2 aliphatic rings. The number of carbonyl (C=O) groups excluding carboxylic acids is 2. The summed E-state index contributed by atoms with van der Waals surface area (Å²) in [5.41, 5.74) is 2.53. The number of aromatic nitrogens is 2. The molecule has 1 saturated carbocycles. The number of nitrogens with zero attached hydrogens (tertiary/aromatic N) is 2. The number of pyridine rings is 2. The van der Waals surface area contributed by atoms with Crippen LogP contribution in [0, 0.1) is 13.8 Å². The molecule has 1 saturated heterocycles. The highest BCUT2D eigenvalue weighted by Crippen LogP contribution is 2.39. The molecule has 0 bridgehead atoms. The van der Waals surface area contributed by atoms with Gasteiger partial charge in [0.2, 0.25) is 6.41 Å². The Morgan fingerprint density at radius 3 is 2.61 bits per heavy atom. The number of amides is 2. The lowest BCUT2D eigenvalue weighted by Gasteiger charge is -2.38. The summed E-state index contributed by atoms with van der Waals surface area (Å²) in [6.07, 6.45) is 6.74. The van der Waals surface area contributed by atoms with E-state index in [1.54, 1.807) is 13.1 Å². The third-order valence-corrected chi connectivity index (χ3v) is 5.99. The largest absolute Gasteiger partial charge is 0.358 e. The number of fused-ring (bicyclic) bond motifs is 1. The SMILES string of the molecule is C/C(=C1\C(=O)NC2(CCCCC2)N1C=O)c1c(C)[nH]c2cc(C)ncc2c1=O. The molecule has 2 amide bonds. The van der Waals surface area contributed by atoms with Gasteiger partial charge in [0.25, 0.3) is 5.91 Å². The fourth-order valence-electron chi connectivity index (χ4n) is 4.64. The molecular weight excluding hydrogens is 356 g/mol. The Morgan fingerprint density at radius 2 is 1.93 bits per heavy atom. The first-order chi connectivity index (χ1) is 13.4. The topological polar surface area (TPSA) is 95.2 Å². The molecule has 0 radical (unpaired) electrons. The van der Waals surface area contributed by atoms with Crippen molar-refractivity contribution in [2.45, 2.75) is 58.5 Å². The quantitative estimate of drug-likeness (QED) is 0.618. The summed E-state index contributed by atoms with van der Waals surface area (Å²) in [6.45, 7) is 5.41. The van der Waals surface area contributed by atoms with Crippen molar-refractivity contribution in [3.05, 3.63) is 45.1 Å². The standard InChI is InChI=1S/C21H24N4O3/c1-12-9-16-15(10-22-12)19(27)17(14(3)23-16)13(2)18-20(28)24-21(25(18)11-26)7-5-4-6-8-21/h9-11H,4-8H2,1-3H3,(H,23,27)(H,24,28)/b18-13-. The van der Waals surface area contributed by atoms with Gasteiger partial charge in [-0.25, -0.2) is 0 Å². The number of aryl methyl sites for hydroxylation is 2. The summed E-state index contributed by atoms with van der Waals surface area (Å²) in [5.74, 6) is -0.299. The second-order valence-corrected chi connectivity index (χ2v) is 7.82. The first kappa shape index (κ1) is 18.4. The number of hydrogen-bond donors (Lipinski definition) is 2. The second kappa shape index (κ2) is 6.58. The lowest BCUT2D eigenvalue weighted by atomic mass is 9.88. The predicted octanol–water partition coefficient (Wildman–Crippen LogP) is 2.52. The monoisotopic (exact) mass is 380 g/mol. The number of rotatable bonds is 2. The highest BCUT2D eigenvalue weighted by atomic mass is 16.2. The van der Waals surface area contributed by atoms with Gasteiger partial charge in [-0.3, -0.25) is 24.3 Å². The van der Waals surface area contributed by atoms with Crippen molar-refractivity contribution in [2.75, 3.05) is 0 Å². The number of allylic oxidation sites excluding steroid dienone is 1. The first-order valence-electron chi connectivity index (χ1n) is 9.65. The maximum absolute atomic E-state index is 13.2. The van der Waals surface area contributed by atoms with Crippen LogP contribution in [0.15, 0.2) is 22.8 Å². The summed E-state index contributed by atoms with van der Waals surface area (Å²) in [7, 11) is 0. The Kier molecular flexibility index (Phi) is 4.33. The van der Waals surface area contributed by atoms with Gasteiger partial charge in [0.1, 0.15) is 11.4 Å². The summed E-state index contributed by atoms with van der Waals surface area (Å²) in [4.78, 5) is 47.1. The van der Waals surface area contributed by atoms with Crippen LogP contribution in [0.3, 0.4) is 0 Å². The molecule has 0 atom stereocenters. The Hall–Kier alpha value is -2.96. The Balaban J connectivity index is 1.92. The molecule has 2 fully saturated rings. The zero-order valence-electron chi connectivity index (χ0n) is 16.4. The van der Waals surface area contributed by atoms with E-state index in [0.717, 1.165) is 44.2 Å². The molecule has 7 nitrogen and oxygen atoms in total. The number of aromatic amines is 1. The molecule has 28 heavy (non-hydrogen) atoms. The van der Waals surface area contributed by atoms with E-state index in [0.29, 0.717) is 27.7 Å². The molecule has 2 aromatic heterocycles. The molecule has 1 aliphatic heterocycles. The van der Waals surface area contributed by atoms with Crippen LogP contribution in [-0.2, 0) is 9.59 Å². The van der Waals surface area contributed by atoms with Crippen molar-refractivity contribution in [1.82, 2.24) is 20.2 Å². The zero-order valence-corrected chi connectivity index (χ0v) is 16.4. The smallest absolute Gasteiger partial charge is 0.270 e. The zero-order chi connectivity index (χ0) is 20.1. The average Bonchev–Trinajstić information content (AvgIpc) is 2.92. The summed E-state index contributed by atoms with van der Waals surface area (Å²) in [6, 6.07) is 1.83. The molecule has 1 spiro atoms. The number of nitrogens with one attached hydrogen (secondary N) is 2. The van der Waals surface area contributed by atoms with Gasteiger partial charge in [0.15, 0.2) is 5.43 Å². The Labute approximate surface area is 162 Å². The van der Waals surface area contributed by atoms with Crippen LogP contribution in [0.25, 0.3) is 16.5 Å². The van der Waals surface area contributed by atoms with E-state index in [1.165, 1.54) is 4.90 Å². The highest BCUT2D eigenvalue weighted by Gasteiger charge is 2.48. The molecule has 146 valence electrons. The number of hydrogen-bond acceptors (Lipinski definition) is 4. The van der Waals surface area contributed by atoms with E-state index in [9.17, 15) is 14.4 Å². The van der Waals surface area contributed by atoms with Crippen LogP contribution in [0.1, 0.15) is 56.0 Å². The number of H-pyrrole nitrogens is 1. The third-order valence-electron chi connectivity index (χ3n) is 5.99. The van der Waals surface area contributed by atoms with Gasteiger partial charge in [-0.2, -0.15) is 0 Å². The minimum atomic E-state index is -0.663. The normalized spacial score (nSPS) is 20.5. The van der Waals surface area contributed by atoms with Gasteiger partial charge in [0, 0.05) is 23.1 Å². The molecule has 4 rings (SSSR count). The van der Waals surface area contributed by atoms with Crippen LogP contribution < -0.4 is 10.7 Å². The van der Waals surface area contributed by atoms with Crippen LogP contribution in [0.4, 0.5) is 0 Å². The van der Waals surface area contributed by atoms with Crippen LogP contribution >= 0.6 is 0 Å². The van der Waals surface area contributed by atoms with E-state index in [1.807, 2.05) is 19.9 Å². The van der Waals surface area contributed by atoms with Gasteiger partial charge in [0.05, 0.1) is 10.9 Å². The lowest BCUT2D eigenvalue weighted by molar-refractivity contribution is -0.121. The fraction of sp³-hybridized carbons (Fsp3) is 0.429. The van der Waals surface area contributed by atoms with Crippen molar-refractivity contribution < 1.29 is 9.59 Å². The second-order valence-electron chi connectivity index (χ2n) is 7.82. The molecule has 2 aromatic rings. The predicted molar refractivity (Wildman–Crippen MR) is 106 cm³/mol. The van der Waals surface area contributed by atoms with Gasteiger partial charge >= 0.3 is 0 Å². The Bertz CT molecular complexity index is 1080. The van der Waals surface area contributed by atoms with Crippen molar-refractivity contribution in [3.63, 3.8) is 0 Å². The maximum atomic E-state index is 13.2. The summed E-state index contributed by atoms with van der Waals surface area (Å²) in [5, 5.41) is 3.50. The summed E-state index contributed by atoms with van der Waals surface area (Å²) >= 11 is 0. The van der Waals surface area contributed by atoms with Crippen molar-refractivity contribution in [3.8, 4) is 0 Å². The fourth-order valence-corrected chi connectivity index (χ4v) is 4.64. The van der Waals surface area contributed by atoms with Crippen LogP contribution in [0.5, 0.6) is 0 Å².